The summed E-state index contributed by atoms with van der Waals surface area (Å²) in [5.41, 5.74) is 2.01. The molecule has 5 rings (SSSR count). The van der Waals surface area contributed by atoms with E-state index in [-0.39, 0.29) is 12.1 Å². The molecule has 1 aromatic carbocycles. The summed E-state index contributed by atoms with van der Waals surface area (Å²) >= 11 is 0. The molecule has 2 aliphatic heterocycles. The van der Waals surface area contributed by atoms with E-state index in [0.29, 0.717) is 18.1 Å². The first-order valence-corrected chi connectivity index (χ1v) is 11.0. The molecule has 1 aromatic heterocycles. The van der Waals surface area contributed by atoms with Gasteiger partial charge in [0, 0.05) is 31.7 Å². The zero-order valence-corrected chi connectivity index (χ0v) is 15.1. The van der Waals surface area contributed by atoms with Gasteiger partial charge in [0.1, 0.15) is 5.82 Å². The lowest BCUT2D eigenvalue weighted by Gasteiger charge is -2.43. The van der Waals surface area contributed by atoms with Gasteiger partial charge in [-0.05, 0) is 30.9 Å². The second-order valence-corrected chi connectivity index (χ2v) is 9.97. The van der Waals surface area contributed by atoms with Crippen LogP contribution in [-0.4, -0.2) is 71.4 Å². The Morgan fingerprint density at radius 2 is 1.80 bits per heavy atom. The number of nitrogens with zero attached hydrogens (tertiary/aromatic N) is 3. The molecule has 7 heteroatoms. The van der Waals surface area contributed by atoms with Crippen LogP contribution in [0.5, 0.6) is 0 Å². The third kappa shape index (κ3) is 3.09. The van der Waals surface area contributed by atoms with Crippen LogP contribution in [0.15, 0.2) is 24.3 Å². The maximum absolute atomic E-state index is 12.3. The second-order valence-electron chi connectivity index (χ2n) is 7.82. The molecule has 2 aromatic rings. The standard InChI is InChI=1S/C18H24N4O2S/c23-25(24)11-16-17(12-25)22(8-7-21(16)9-13-5-6-13)10-18-19-14-3-1-2-4-15(14)20-18/h1-4,13,16-17H,5-12H2,(H,19,20)/t16-,17+/m0/s1. The van der Waals surface area contributed by atoms with Crippen molar-refractivity contribution in [1.82, 2.24) is 19.8 Å². The normalized spacial score (nSPS) is 29.9. The van der Waals surface area contributed by atoms with E-state index in [9.17, 15) is 8.42 Å². The molecule has 6 nitrogen and oxygen atoms in total. The molecular weight excluding hydrogens is 336 g/mol. The van der Waals surface area contributed by atoms with Crippen LogP contribution in [0.2, 0.25) is 0 Å². The zero-order valence-electron chi connectivity index (χ0n) is 14.3. The topological polar surface area (TPSA) is 69.3 Å². The Morgan fingerprint density at radius 1 is 1.08 bits per heavy atom. The lowest BCUT2D eigenvalue weighted by atomic mass is 10.0. The summed E-state index contributed by atoms with van der Waals surface area (Å²) in [6, 6.07) is 8.28. The van der Waals surface area contributed by atoms with E-state index < -0.39 is 9.84 Å². The van der Waals surface area contributed by atoms with Gasteiger partial charge in [0.05, 0.1) is 29.1 Å². The SMILES string of the molecule is O=S1(=O)C[C@@H]2[C@H](C1)N(CC1CC1)CCN2Cc1nc2ccccc2[nH]1. The highest BCUT2D eigenvalue weighted by atomic mass is 32.2. The van der Waals surface area contributed by atoms with Gasteiger partial charge < -0.3 is 4.98 Å². The summed E-state index contributed by atoms with van der Waals surface area (Å²) in [5.74, 6) is 2.34. The second kappa shape index (κ2) is 5.79. The number of imidazole rings is 1. The summed E-state index contributed by atoms with van der Waals surface area (Å²) in [5, 5.41) is 0. The van der Waals surface area contributed by atoms with Gasteiger partial charge in [-0.25, -0.2) is 13.4 Å². The van der Waals surface area contributed by atoms with Crippen LogP contribution in [-0.2, 0) is 16.4 Å². The van der Waals surface area contributed by atoms with E-state index in [2.05, 4.69) is 19.8 Å². The summed E-state index contributed by atoms with van der Waals surface area (Å²) in [6.45, 7) is 3.66. The minimum absolute atomic E-state index is 0.103. The summed E-state index contributed by atoms with van der Waals surface area (Å²) in [6.07, 6.45) is 2.62. The lowest BCUT2D eigenvalue weighted by Crippen LogP contribution is -2.59. The first kappa shape index (κ1) is 15.8. The lowest BCUT2D eigenvalue weighted by molar-refractivity contribution is 0.0363. The van der Waals surface area contributed by atoms with Crippen LogP contribution < -0.4 is 0 Å². The molecule has 1 N–H and O–H groups in total. The highest BCUT2D eigenvalue weighted by Gasteiger charge is 2.47. The summed E-state index contributed by atoms with van der Waals surface area (Å²) in [7, 11) is -2.94. The van der Waals surface area contributed by atoms with Crippen molar-refractivity contribution in [3.8, 4) is 0 Å². The maximum Gasteiger partial charge on any atom is 0.153 e. The fourth-order valence-corrected chi connectivity index (χ4v) is 6.47. The third-order valence-corrected chi connectivity index (χ3v) is 7.59. The van der Waals surface area contributed by atoms with Crippen LogP contribution in [0.4, 0.5) is 0 Å². The molecular formula is C18H24N4O2S. The fraction of sp³-hybridized carbons (Fsp3) is 0.611. The van der Waals surface area contributed by atoms with Crippen LogP contribution in [0.3, 0.4) is 0 Å². The van der Waals surface area contributed by atoms with Crippen molar-refractivity contribution in [2.75, 3.05) is 31.1 Å². The van der Waals surface area contributed by atoms with Gasteiger partial charge in [0.25, 0.3) is 0 Å². The molecule has 0 amide bonds. The predicted octanol–water partition coefficient (Wildman–Crippen LogP) is 1.26. The van der Waals surface area contributed by atoms with Crippen molar-refractivity contribution in [3.05, 3.63) is 30.1 Å². The number of para-hydroxylation sites is 2. The van der Waals surface area contributed by atoms with E-state index in [4.69, 9.17) is 0 Å². The Balaban J connectivity index is 1.38. The molecule has 2 atom stereocenters. The Kier molecular flexibility index (Phi) is 3.66. The Morgan fingerprint density at radius 3 is 2.56 bits per heavy atom. The number of aromatic nitrogens is 2. The molecule has 0 bridgehead atoms. The predicted molar refractivity (Wildman–Crippen MR) is 97.0 cm³/mol. The molecule has 1 saturated carbocycles. The van der Waals surface area contributed by atoms with Crippen LogP contribution >= 0.6 is 0 Å². The molecule has 25 heavy (non-hydrogen) atoms. The number of piperazine rings is 1. The number of hydrogen-bond donors (Lipinski definition) is 1. The van der Waals surface area contributed by atoms with E-state index >= 15 is 0 Å². The van der Waals surface area contributed by atoms with Crippen molar-refractivity contribution < 1.29 is 8.42 Å². The van der Waals surface area contributed by atoms with Gasteiger partial charge in [-0.2, -0.15) is 0 Å². The van der Waals surface area contributed by atoms with E-state index in [1.165, 1.54) is 12.8 Å². The minimum atomic E-state index is -2.94. The Hall–Kier alpha value is -1.44. The Bertz CT molecular complexity index is 856. The number of rotatable bonds is 4. The van der Waals surface area contributed by atoms with Crippen molar-refractivity contribution >= 4 is 20.9 Å². The molecule has 1 aliphatic carbocycles. The molecule has 0 unspecified atom stereocenters. The van der Waals surface area contributed by atoms with Gasteiger partial charge >= 0.3 is 0 Å². The number of fused-ring (bicyclic) bond motifs is 2. The minimum Gasteiger partial charge on any atom is -0.341 e. The zero-order chi connectivity index (χ0) is 17.0. The molecule has 3 heterocycles. The van der Waals surface area contributed by atoms with Gasteiger partial charge in [-0.1, -0.05) is 12.1 Å². The summed E-state index contributed by atoms with van der Waals surface area (Å²) < 4.78 is 24.6. The van der Waals surface area contributed by atoms with Crippen molar-refractivity contribution in [2.24, 2.45) is 5.92 Å². The molecule has 2 saturated heterocycles. The average molecular weight is 360 g/mol. The maximum atomic E-state index is 12.3. The first-order valence-electron chi connectivity index (χ1n) is 9.19. The van der Waals surface area contributed by atoms with Crippen LogP contribution in [0, 0.1) is 5.92 Å². The average Bonchev–Trinajstić information content (AvgIpc) is 3.18. The molecule has 3 fully saturated rings. The number of H-pyrrole nitrogens is 1. The highest BCUT2D eigenvalue weighted by molar-refractivity contribution is 7.91. The quantitative estimate of drug-likeness (QED) is 0.889. The highest BCUT2D eigenvalue weighted by Crippen LogP contribution is 2.34. The van der Waals surface area contributed by atoms with Gasteiger partial charge in [0.15, 0.2) is 9.84 Å². The van der Waals surface area contributed by atoms with Crippen molar-refractivity contribution in [2.45, 2.75) is 31.5 Å². The monoisotopic (exact) mass is 360 g/mol. The fourth-order valence-electron chi connectivity index (χ4n) is 4.42. The summed E-state index contributed by atoms with van der Waals surface area (Å²) in [4.78, 5) is 12.8. The largest absolute Gasteiger partial charge is 0.341 e. The van der Waals surface area contributed by atoms with Crippen LogP contribution in [0.25, 0.3) is 11.0 Å². The Labute approximate surface area is 148 Å². The molecule has 0 spiro atoms. The molecule has 0 radical (unpaired) electrons. The number of sulfone groups is 1. The van der Waals surface area contributed by atoms with E-state index in [1.807, 2.05) is 24.3 Å². The van der Waals surface area contributed by atoms with Gasteiger partial charge in [-0.3, -0.25) is 9.80 Å². The first-order chi connectivity index (χ1) is 12.1. The number of benzene rings is 1. The van der Waals surface area contributed by atoms with E-state index in [0.717, 1.165) is 42.4 Å². The van der Waals surface area contributed by atoms with Crippen molar-refractivity contribution in [1.29, 1.82) is 0 Å². The van der Waals surface area contributed by atoms with Gasteiger partial charge in [0.2, 0.25) is 0 Å². The smallest absolute Gasteiger partial charge is 0.153 e. The van der Waals surface area contributed by atoms with E-state index in [1.54, 1.807) is 0 Å². The molecule has 3 aliphatic rings. The number of hydrogen-bond acceptors (Lipinski definition) is 5. The van der Waals surface area contributed by atoms with Gasteiger partial charge in [-0.15, -0.1) is 0 Å². The third-order valence-electron chi connectivity index (χ3n) is 5.89. The molecule has 134 valence electrons. The number of aromatic amines is 1. The number of nitrogens with one attached hydrogen (secondary N) is 1. The van der Waals surface area contributed by atoms with Crippen molar-refractivity contribution in [3.63, 3.8) is 0 Å². The van der Waals surface area contributed by atoms with Crippen LogP contribution in [0.1, 0.15) is 18.7 Å².